The van der Waals surface area contributed by atoms with Gasteiger partial charge in [0, 0.05) is 0 Å². The van der Waals surface area contributed by atoms with Crippen LogP contribution in [0.15, 0.2) is 12.2 Å². The maximum atomic E-state index is 10.9. The van der Waals surface area contributed by atoms with Gasteiger partial charge < -0.3 is 9.47 Å². The van der Waals surface area contributed by atoms with Crippen molar-refractivity contribution in [2.75, 3.05) is 0 Å². The first-order chi connectivity index (χ1) is 5.97. The predicted molar refractivity (Wildman–Crippen MR) is 46.7 cm³/mol. The van der Waals surface area contributed by atoms with Gasteiger partial charge in [0.2, 0.25) is 6.29 Å². The van der Waals surface area contributed by atoms with Crippen LogP contribution in [-0.4, -0.2) is 17.8 Å². The van der Waals surface area contributed by atoms with E-state index in [1.165, 1.54) is 6.92 Å². The lowest BCUT2D eigenvalue weighted by Gasteiger charge is -2.14. The Morgan fingerprint density at radius 3 is 2.54 bits per heavy atom. The summed E-state index contributed by atoms with van der Waals surface area (Å²) >= 11 is 5.47. The molecule has 0 aliphatic carbocycles. The largest absolute Gasteiger partial charge is 0.432 e. The molecule has 2 unspecified atom stereocenters. The average Bonchev–Trinajstić information content (AvgIpc) is 2.01. The van der Waals surface area contributed by atoms with Gasteiger partial charge in [-0.25, -0.2) is 4.79 Å². The van der Waals surface area contributed by atoms with E-state index >= 15 is 0 Å². The third kappa shape index (κ3) is 5.23. The van der Waals surface area contributed by atoms with Crippen LogP contribution in [0.25, 0.3) is 0 Å². The molecule has 4 nitrogen and oxygen atoms in total. The van der Waals surface area contributed by atoms with Crippen molar-refractivity contribution in [3.8, 4) is 6.07 Å². The van der Waals surface area contributed by atoms with Crippen LogP contribution in [0.5, 0.6) is 0 Å². The molecule has 0 radical (unpaired) electrons. The second-order valence-electron chi connectivity index (χ2n) is 2.24. The van der Waals surface area contributed by atoms with Crippen LogP contribution in [0.1, 0.15) is 13.8 Å². The van der Waals surface area contributed by atoms with Crippen molar-refractivity contribution in [3.05, 3.63) is 12.2 Å². The molecular weight excluding hydrogens is 194 g/mol. The van der Waals surface area contributed by atoms with Gasteiger partial charge >= 0.3 is 5.97 Å². The number of nitriles is 1. The fraction of sp³-hybridized carbons (Fsp3) is 0.500. The normalized spacial score (nSPS) is 14.0. The van der Waals surface area contributed by atoms with Crippen molar-refractivity contribution in [2.24, 2.45) is 0 Å². The summed E-state index contributed by atoms with van der Waals surface area (Å²) in [7, 11) is 0. The number of rotatable bonds is 4. The number of halogens is 1. The molecule has 0 rings (SSSR count). The number of esters is 1. The quantitative estimate of drug-likeness (QED) is 0.229. The Morgan fingerprint density at radius 2 is 2.15 bits per heavy atom. The summed E-state index contributed by atoms with van der Waals surface area (Å²) in [6.07, 6.45) is -0.787. The molecule has 0 aliphatic heterocycles. The van der Waals surface area contributed by atoms with E-state index in [4.69, 9.17) is 21.6 Å². The van der Waals surface area contributed by atoms with Gasteiger partial charge in [0.1, 0.15) is 17.2 Å². The number of hydrogen-bond acceptors (Lipinski definition) is 4. The number of alkyl halides is 1. The lowest BCUT2D eigenvalue weighted by molar-refractivity contribution is -0.171. The molecule has 0 bridgehead atoms. The number of carbonyl (C=O) groups is 1. The molecule has 0 saturated heterocycles. The zero-order valence-electron chi connectivity index (χ0n) is 7.41. The van der Waals surface area contributed by atoms with Gasteiger partial charge in [-0.05, 0) is 13.8 Å². The van der Waals surface area contributed by atoms with E-state index in [2.05, 4.69) is 11.3 Å². The molecule has 0 spiro atoms. The van der Waals surface area contributed by atoms with E-state index in [1.54, 1.807) is 13.0 Å². The van der Waals surface area contributed by atoms with E-state index in [9.17, 15) is 4.79 Å². The molecule has 13 heavy (non-hydrogen) atoms. The van der Waals surface area contributed by atoms with Gasteiger partial charge in [0.25, 0.3) is 0 Å². The van der Waals surface area contributed by atoms with Gasteiger partial charge in [-0.15, -0.1) is 0 Å². The smallest absolute Gasteiger partial charge is 0.350 e. The van der Waals surface area contributed by atoms with Crippen molar-refractivity contribution < 1.29 is 14.3 Å². The summed E-state index contributed by atoms with van der Waals surface area (Å²) in [5.74, 6) is -0.799. The fourth-order valence-electron chi connectivity index (χ4n) is 0.559. The molecule has 0 fully saturated rings. The second kappa shape index (κ2) is 5.57. The predicted octanol–water partition coefficient (Wildman–Crippen LogP) is 1.56. The summed E-state index contributed by atoms with van der Waals surface area (Å²) < 4.78 is 9.53. The topological polar surface area (TPSA) is 59.3 Å². The summed E-state index contributed by atoms with van der Waals surface area (Å²) in [4.78, 5) is 10.9. The molecule has 72 valence electrons. The van der Waals surface area contributed by atoms with Crippen molar-refractivity contribution >= 4 is 17.6 Å². The van der Waals surface area contributed by atoms with Crippen LogP contribution >= 0.6 is 11.6 Å². The molecule has 0 aromatic heterocycles. The third-order valence-corrected chi connectivity index (χ3v) is 1.14. The maximum Gasteiger partial charge on any atom is 0.350 e. The van der Waals surface area contributed by atoms with Gasteiger partial charge in [-0.2, -0.15) is 5.26 Å². The Kier molecular flexibility index (Phi) is 5.12. The highest BCUT2D eigenvalue weighted by atomic mass is 35.5. The van der Waals surface area contributed by atoms with Gasteiger partial charge in [-0.1, -0.05) is 18.2 Å². The standard InChI is InChI=1S/C8H10ClNO3/c1-5(4-10)8(11)13-7(3)12-6(2)9/h6-7H,1H2,2-3H3. The van der Waals surface area contributed by atoms with E-state index in [-0.39, 0.29) is 5.57 Å². The highest BCUT2D eigenvalue weighted by molar-refractivity contribution is 6.19. The lowest BCUT2D eigenvalue weighted by Crippen LogP contribution is -2.21. The lowest BCUT2D eigenvalue weighted by atomic mass is 10.3. The van der Waals surface area contributed by atoms with E-state index < -0.39 is 17.8 Å². The Hall–Kier alpha value is -1.05. The molecule has 0 aromatic rings. The van der Waals surface area contributed by atoms with E-state index in [0.717, 1.165) is 0 Å². The molecule has 0 saturated carbocycles. The molecule has 2 atom stereocenters. The molecule has 0 amide bonds. The maximum absolute atomic E-state index is 10.9. The second-order valence-corrected chi connectivity index (χ2v) is 2.86. The Labute approximate surface area is 81.7 Å². The first kappa shape index (κ1) is 11.9. The zero-order chi connectivity index (χ0) is 10.4. The Morgan fingerprint density at radius 1 is 1.62 bits per heavy atom. The van der Waals surface area contributed by atoms with Gasteiger partial charge in [0.05, 0.1) is 0 Å². The molecule has 0 heterocycles. The number of ether oxygens (including phenoxy) is 2. The molecule has 0 aromatic carbocycles. The van der Waals surface area contributed by atoms with E-state index in [1.807, 2.05) is 0 Å². The minimum atomic E-state index is -0.799. The Bertz CT molecular complexity index is 244. The summed E-state index contributed by atoms with van der Waals surface area (Å²) in [6, 6.07) is 1.57. The zero-order valence-corrected chi connectivity index (χ0v) is 8.17. The van der Waals surface area contributed by atoms with Gasteiger partial charge in [0.15, 0.2) is 0 Å². The van der Waals surface area contributed by atoms with Crippen molar-refractivity contribution in [1.82, 2.24) is 0 Å². The molecule has 0 N–H and O–H groups in total. The van der Waals surface area contributed by atoms with Crippen LogP contribution in [0.4, 0.5) is 0 Å². The number of carbonyl (C=O) groups excluding carboxylic acids is 1. The van der Waals surface area contributed by atoms with Crippen molar-refractivity contribution in [1.29, 1.82) is 5.26 Å². The number of hydrogen-bond donors (Lipinski definition) is 0. The minimum Gasteiger partial charge on any atom is -0.432 e. The van der Waals surface area contributed by atoms with Crippen LogP contribution < -0.4 is 0 Å². The summed E-state index contributed by atoms with van der Waals surface area (Å²) in [5.41, 5.74) is -0.823. The monoisotopic (exact) mass is 203 g/mol. The molecule has 5 heteroatoms. The van der Waals surface area contributed by atoms with Gasteiger partial charge in [-0.3, -0.25) is 0 Å². The first-order valence-electron chi connectivity index (χ1n) is 3.57. The SMILES string of the molecule is C=C(C#N)C(=O)OC(C)OC(C)Cl. The summed E-state index contributed by atoms with van der Waals surface area (Å²) in [6.45, 7) is 6.27. The van der Waals surface area contributed by atoms with Crippen molar-refractivity contribution in [3.63, 3.8) is 0 Å². The van der Waals surface area contributed by atoms with Crippen LogP contribution in [0.3, 0.4) is 0 Å². The van der Waals surface area contributed by atoms with Crippen LogP contribution in [-0.2, 0) is 14.3 Å². The summed E-state index contributed by atoms with van der Waals surface area (Å²) in [5, 5.41) is 8.28. The highest BCUT2D eigenvalue weighted by Gasteiger charge is 2.14. The number of nitrogens with zero attached hydrogens (tertiary/aromatic N) is 1. The molecular formula is C8H10ClNO3. The first-order valence-corrected chi connectivity index (χ1v) is 4.00. The minimum absolute atomic E-state index is 0.266. The van der Waals surface area contributed by atoms with Crippen LogP contribution in [0.2, 0.25) is 0 Å². The van der Waals surface area contributed by atoms with Crippen molar-refractivity contribution in [2.45, 2.75) is 25.7 Å². The Balaban J connectivity index is 3.94. The van der Waals surface area contributed by atoms with Crippen LogP contribution in [0, 0.1) is 11.3 Å². The third-order valence-electron chi connectivity index (χ3n) is 1.03. The van der Waals surface area contributed by atoms with E-state index in [0.29, 0.717) is 0 Å². The highest BCUT2D eigenvalue weighted by Crippen LogP contribution is 2.05. The fourth-order valence-corrected chi connectivity index (χ4v) is 0.704. The average molecular weight is 204 g/mol. The molecule has 0 aliphatic rings.